The first-order chi connectivity index (χ1) is 28.7. The molecule has 0 saturated carbocycles. The molecule has 0 fully saturated rings. The van der Waals surface area contributed by atoms with Crippen molar-refractivity contribution in [1.29, 1.82) is 0 Å². The van der Waals surface area contributed by atoms with E-state index in [2.05, 4.69) is 164 Å². The van der Waals surface area contributed by atoms with E-state index >= 15 is 0 Å². The van der Waals surface area contributed by atoms with Gasteiger partial charge in [0.25, 0.3) is 0 Å². The van der Waals surface area contributed by atoms with Gasteiger partial charge in [-0.05, 0) is 45.5 Å². The van der Waals surface area contributed by atoms with Gasteiger partial charge in [0.15, 0.2) is 11.6 Å². The average molecular weight is 741 g/mol. The Morgan fingerprint density at radius 2 is 0.672 bits per heavy atom. The van der Waals surface area contributed by atoms with Crippen LogP contribution in [0.5, 0.6) is 0 Å². The number of para-hydroxylation sites is 1. The van der Waals surface area contributed by atoms with Crippen molar-refractivity contribution in [2.24, 2.45) is 0 Å². The van der Waals surface area contributed by atoms with Gasteiger partial charge in [0.2, 0.25) is 0 Å². The summed E-state index contributed by atoms with van der Waals surface area (Å²) < 4.78 is 0. The third-order valence-electron chi connectivity index (χ3n) is 10.6. The standard InChI is InChI=1S/C54H36N4/c1-5-16-37(17-6-1)45-25-15-26-46(38-28-30-40(31-29-38)50-36-49(39-18-7-2-8-19-39)56-53(57-50)43-22-11-4-12-23-43)51(45)41-32-34-44(35-33-41)54-55-48-27-14-13-24-47(48)52(58-54)42-20-9-3-10-21-42/h1-36H. The summed E-state index contributed by atoms with van der Waals surface area (Å²) in [6.45, 7) is 0. The lowest BCUT2D eigenvalue weighted by atomic mass is 9.87. The molecule has 0 aliphatic carbocycles. The highest BCUT2D eigenvalue weighted by molar-refractivity contribution is 5.96. The Morgan fingerprint density at radius 3 is 1.29 bits per heavy atom. The third kappa shape index (κ3) is 6.84. The van der Waals surface area contributed by atoms with Gasteiger partial charge in [-0.2, -0.15) is 0 Å². The summed E-state index contributed by atoms with van der Waals surface area (Å²) in [4.78, 5) is 20.2. The summed E-state index contributed by atoms with van der Waals surface area (Å²) >= 11 is 0. The molecule has 0 aliphatic heterocycles. The van der Waals surface area contributed by atoms with Gasteiger partial charge in [0.1, 0.15) is 0 Å². The normalized spacial score (nSPS) is 11.1. The zero-order valence-corrected chi connectivity index (χ0v) is 31.6. The third-order valence-corrected chi connectivity index (χ3v) is 10.6. The zero-order valence-electron chi connectivity index (χ0n) is 31.6. The minimum Gasteiger partial charge on any atom is -0.228 e. The van der Waals surface area contributed by atoms with Gasteiger partial charge in [-0.1, -0.05) is 206 Å². The molecule has 0 unspecified atom stereocenters. The molecule has 10 rings (SSSR count). The molecule has 4 heteroatoms. The van der Waals surface area contributed by atoms with E-state index in [1.54, 1.807) is 0 Å². The molecule has 4 nitrogen and oxygen atoms in total. The molecular weight excluding hydrogens is 705 g/mol. The highest BCUT2D eigenvalue weighted by Gasteiger charge is 2.17. The number of fused-ring (bicyclic) bond motifs is 1. The first-order valence-electron chi connectivity index (χ1n) is 19.5. The number of hydrogen-bond donors (Lipinski definition) is 0. The highest BCUT2D eigenvalue weighted by atomic mass is 14.9. The predicted molar refractivity (Wildman–Crippen MR) is 239 cm³/mol. The Labute approximate surface area is 337 Å². The second kappa shape index (κ2) is 15.4. The quantitative estimate of drug-likeness (QED) is 0.156. The fourth-order valence-corrected chi connectivity index (χ4v) is 7.66. The molecule has 0 atom stereocenters. The number of nitrogens with zero attached hydrogens (tertiary/aromatic N) is 4. The molecule has 0 saturated heterocycles. The van der Waals surface area contributed by atoms with Crippen LogP contribution in [0, 0.1) is 0 Å². The van der Waals surface area contributed by atoms with Gasteiger partial charge in [-0.3, -0.25) is 0 Å². The Kier molecular flexibility index (Phi) is 9.18. The highest BCUT2D eigenvalue weighted by Crippen LogP contribution is 2.41. The van der Waals surface area contributed by atoms with Crippen LogP contribution in [-0.4, -0.2) is 19.9 Å². The van der Waals surface area contributed by atoms with Crippen LogP contribution in [0.3, 0.4) is 0 Å². The summed E-state index contributed by atoms with van der Waals surface area (Å²) in [6.07, 6.45) is 0. The van der Waals surface area contributed by atoms with Crippen LogP contribution in [0.15, 0.2) is 218 Å². The summed E-state index contributed by atoms with van der Waals surface area (Å²) in [7, 11) is 0. The van der Waals surface area contributed by atoms with E-state index in [0.29, 0.717) is 11.6 Å². The molecule has 0 aliphatic rings. The number of hydrogen-bond acceptors (Lipinski definition) is 4. The molecule has 2 aromatic heterocycles. The van der Waals surface area contributed by atoms with E-state index in [1.807, 2.05) is 54.6 Å². The lowest BCUT2D eigenvalue weighted by Gasteiger charge is -2.17. The maximum absolute atomic E-state index is 5.13. The fraction of sp³-hybridized carbons (Fsp3) is 0. The van der Waals surface area contributed by atoms with Gasteiger partial charge in [-0.25, -0.2) is 19.9 Å². The number of aromatic nitrogens is 4. The van der Waals surface area contributed by atoms with E-state index in [-0.39, 0.29) is 0 Å². The molecular formula is C54H36N4. The Morgan fingerprint density at radius 1 is 0.259 bits per heavy atom. The van der Waals surface area contributed by atoms with Crippen molar-refractivity contribution < 1.29 is 0 Å². The van der Waals surface area contributed by atoms with E-state index in [4.69, 9.17) is 19.9 Å². The van der Waals surface area contributed by atoms with Crippen molar-refractivity contribution in [3.8, 4) is 89.9 Å². The van der Waals surface area contributed by atoms with Gasteiger partial charge in [0.05, 0.1) is 22.6 Å². The maximum Gasteiger partial charge on any atom is 0.160 e. The van der Waals surface area contributed by atoms with Crippen molar-refractivity contribution in [1.82, 2.24) is 19.9 Å². The SMILES string of the molecule is c1ccc(-c2cc(-c3ccc(-c4cccc(-c5ccccc5)c4-c4ccc(-c5nc(-c6ccccc6)c6ccccc6n5)cc4)cc3)nc(-c3ccccc3)n2)cc1. The monoisotopic (exact) mass is 740 g/mol. The minimum absolute atomic E-state index is 0.701. The topological polar surface area (TPSA) is 51.6 Å². The first kappa shape index (κ1) is 34.7. The van der Waals surface area contributed by atoms with Gasteiger partial charge in [0, 0.05) is 33.2 Å². The van der Waals surface area contributed by atoms with Crippen molar-refractivity contribution >= 4 is 10.9 Å². The van der Waals surface area contributed by atoms with Gasteiger partial charge < -0.3 is 0 Å². The summed E-state index contributed by atoms with van der Waals surface area (Å²) in [6, 6.07) is 75.8. The summed E-state index contributed by atoms with van der Waals surface area (Å²) in [5.74, 6) is 1.40. The van der Waals surface area contributed by atoms with Crippen LogP contribution in [0.1, 0.15) is 0 Å². The molecule has 0 amide bonds. The van der Waals surface area contributed by atoms with E-state index in [0.717, 1.165) is 83.6 Å². The van der Waals surface area contributed by atoms with Crippen molar-refractivity contribution in [3.05, 3.63) is 218 Å². The summed E-state index contributed by atoms with van der Waals surface area (Å²) in [5, 5.41) is 1.04. The lowest BCUT2D eigenvalue weighted by molar-refractivity contribution is 1.18. The van der Waals surface area contributed by atoms with Crippen LogP contribution in [0.2, 0.25) is 0 Å². The summed E-state index contributed by atoms with van der Waals surface area (Å²) in [5.41, 5.74) is 15.6. The largest absolute Gasteiger partial charge is 0.228 e. The number of rotatable bonds is 8. The molecule has 0 radical (unpaired) electrons. The first-order valence-corrected chi connectivity index (χ1v) is 19.5. The predicted octanol–water partition coefficient (Wildman–Crippen LogP) is 13.8. The van der Waals surface area contributed by atoms with Crippen molar-refractivity contribution in [2.75, 3.05) is 0 Å². The zero-order chi connectivity index (χ0) is 38.7. The molecule has 272 valence electrons. The van der Waals surface area contributed by atoms with Crippen molar-refractivity contribution in [3.63, 3.8) is 0 Å². The second-order valence-electron chi connectivity index (χ2n) is 14.2. The van der Waals surface area contributed by atoms with Crippen molar-refractivity contribution in [2.45, 2.75) is 0 Å². The second-order valence-corrected chi connectivity index (χ2v) is 14.2. The smallest absolute Gasteiger partial charge is 0.160 e. The van der Waals surface area contributed by atoms with E-state index < -0.39 is 0 Å². The van der Waals surface area contributed by atoms with Crippen LogP contribution in [0.25, 0.3) is 101 Å². The van der Waals surface area contributed by atoms with Crippen LogP contribution in [-0.2, 0) is 0 Å². The minimum atomic E-state index is 0.701. The fourth-order valence-electron chi connectivity index (χ4n) is 7.66. The Hall–Kier alpha value is -7.82. The Bertz CT molecular complexity index is 2940. The molecule has 0 bridgehead atoms. The molecule has 2 heterocycles. The van der Waals surface area contributed by atoms with E-state index in [1.165, 1.54) is 5.56 Å². The molecule has 58 heavy (non-hydrogen) atoms. The van der Waals surface area contributed by atoms with Gasteiger partial charge >= 0.3 is 0 Å². The molecule has 0 spiro atoms. The molecule has 8 aromatic carbocycles. The average Bonchev–Trinajstić information content (AvgIpc) is 3.32. The maximum atomic E-state index is 5.13. The van der Waals surface area contributed by atoms with Crippen LogP contribution >= 0.6 is 0 Å². The molecule has 0 N–H and O–H groups in total. The van der Waals surface area contributed by atoms with Crippen LogP contribution < -0.4 is 0 Å². The lowest BCUT2D eigenvalue weighted by Crippen LogP contribution is -1.96. The molecule has 10 aromatic rings. The van der Waals surface area contributed by atoms with Gasteiger partial charge in [-0.15, -0.1) is 0 Å². The van der Waals surface area contributed by atoms with Crippen LogP contribution in [0.4, 0.5) is 0 Å². The van der Waals surface area contributed by atoms with E-state index in [9.17, 15) is 0 Å². The number of benzene rings is 8. The Balaban J connectivity index is 1.06.